The first-order valence-corrected chi connectivity index (χ1v) is 3.98. The van der Waals surface area contributed by atoms with Gasteiger partial charge in [0.05, 0.1) is 0 Å². The zero-order valence-electron chi connectivity index (χ0n) is 8.23. The van der Waals surface area contributed by atoms with E-state index in [4.69, 9.17) is 0 Å². The van der Waals surface area contributed by atoms with E-state index in [1.807, 2.05) is 0 Å². The van der Waals surface area contributed by atoms with E-state index in [9.17, 15) is 0 Å². The van der Waals surface area contributed by atoms with Crippen molar-refractivity contribution < 1.29 is 0 Å². The Balaban J connectivity index is 3.73. The summed E-state index contributed by atoms with van der Waals surface area (Å²) < 4.78 is 0. The van der Waals surface area contributed by atoms with Gasteiger partial charge in [-0.1, -0.05) is 27.7 Å². The lowest BCUT2D eigenvalue weighted by Crippen LogP contribution is -2.28. The highest BCUT2D eigenvalue weighted by molar-refractivity contribution is 4.71. The van der Waals surface area contributed by atoms with Gasteiger partial charge in [0.15, 0.2) is 0 Å². The predicted octanol–water partition coefficient (Wildman–Crippen LogP) is 2.23. The highest BCUT2D eigenvalue weighted by Gasteiger charge is 2.19. The minimum absolute atomic E-state index is 0.449. The van der Waals surface area contributed by atoms with Crippen LogP contribution < -0.4 is 0 Å². The molecule has 0 heterocycles. The molecule has 0 rings (SSSR count). The number of rotatable bonds is 2. The summed E-state index contributed by atoms with van der Waals surface area (Å²) in [7, 11) is 4.25. The van der Waals surface area contributed by atoms with Crippen molar-refractivity contribution in [2.75, 3.05) is 20.6 Å². The third kappa shape index (κ3) is 3.89. The normalized spacial score (nSPS) is 15.9. The van der Waals surface area contributed by atoms with Crippen LogP contribution >= 0.6 is 0 Å². The Morgan fingerprint density at radius 2 is 1.60 bits per heavy atom. The van der Waals surface area contributed by atoms with Crippen LogP contribution in [0.15, 0.2) is 0 Å². The molecule has 0 fully saturated rings. The fraction of sp³-hybridized carbons (Fsp3) is 1.00. The summed E-state index contributed by atoms with van der Waals surface area (Å²) in [4.78, 5) is 2.25. The van der Waals surface area contributed by atoms with E-state index >= 15 is 0 Å². The van der Waals surface area contributed by atoms with Gasteiger partial charge in [-0.25, -0.2) is 0 Å². The van der Waals surface area contributed by atoms with Gasteiger partial charge in [-0.05, 0) is 25.4 Å². The average molecular weight is 143 g/mol. The maximum Gasteiger partial charge on any atom is 0.000592 e. The summed E-state index contributed by atoms with van der Waals surface area (Å²) in [5, 5.41) is 0. The molecule has 62 valence electrons. The van der Waals surface area contributed by atoms with E-state index in [1.54, 1.807) is 0 Å². The van der Waals surface area contributed by atoms with Crippen LogP contribution in [0.25, 0.3) is 0 Å². The van der Waals surface area contributed by atoms with Gasteiger partial charge in [-0.2, -0.15) is 0 Å². The van der Waals surface area contributed by atoms with E-state index < -0.39 is 0 Å². The third-order valence-corrected chi connectivity index (χ3v) is 2.12. The van der Waals surface area contributed by atoms with Crippen LogP contribution in [-0.4, -0.2) is 25.5 Å². The second kappa shape index (κ2) is 3.38. The van der Waals surface area contributed by atoms with Crippen molar-refractivity contribution in [2.45, 2.75) is 27.7 Å². The van der Waals surface area contributed by atoms with Crippen molar-refractivity contribution >= 4 is 0 Å². The van der Waals surface area contributed by atoms with Gasteiger partial charge in [-0.15, -0.1) is 0 Å². The molecule has 1 heteroatoms. The van der Waals surface area contributed by atoms with Gasteiger partial charge in [0.25, 0.3) is 0 Å². The summed E-state index contributed by atoms with van der Waals surface area (Å²) >= 11 is 0. The molecule has 0 bridgehead atoms. The largest absolute Gasteiger partial charge is 0.309 e. The number of hydrogen-bond acceptors (Lipinski definition) is 1. The van der Waals surface area contributed by atoms with Gasteiger partial charge < -0.3 is 4.90 Å². The van der Waals surface area contributed by atoms with Crippen LogP contribution in [0.1, 0.15) is 27.7 Å². The number of nitrogens with zero attached hydrogens (tertiary/aromatic N) is 1. The topological polar surface area (TPSA) is 3.24 Å². The molecule has 1 atom stereocenters. The molecule has 0 saturated carbocycles. The number of hydrogen-bond donors (Lipinski definition) is 0. The van der Waals surface area contributed by atoms with Crippen molar-refractivity contribution in [1.82, 2.24) is 4.90 Å². The Labute approximate surface area is 65.4 Å². The third-order valence-electron chi connectivity index (χ3n) is 2.12. The molecule has 0 radical (unpaired) electrons. The van der Waals surface area contributed by atoms with Crippen molar-refractivity contribution in [3.05, 3.63) is 0 Å². The van der Waals surface area contributed by atoms with Crippen molar-refractivity contribution in [1.29, 1.82) is 0 Å². The van der Waals surface area contributed by atoms with Gasteiger partial charge in [0.1, 0.15) is 0 Å². The van der Waals surface area contributed by atoms with E-state index in [0.29, 0.717) is 5.41 Å². The molecule has 0 unspecified atom stereocenters. The second-order valence-corrected chi connectivity index (χ2v) is 4.53. The molecule has 0 aromatic heterocycles. The van der Waals surface area contributed by atoms with Gasteiger partial charge in [0, 0.05) is 6.54 Å². The highest BCUT2D eigenvalue weighted by Crippen LogP contribution is 2.25. The highest BCUT2D eigenvalue weighted by atomic mass is 15.1. The quantitative estimate of drug-likeness (QED) is 0.573. The summed E-state index contributed by atoms with van der Waals surface area (Å²) in [5.41, 5.74) is 0.449. The maximum atomic E-state index is 2.31. The summed E-state index contributed by atoms with van der Waals surface area (Å²) in [6.45, 7) is 10.4. The van der Waals surface area contributed by atoms with E-state index in [1.165, 1.54) is 6.54 Å². The van der Waals surface area contributed by atoms with Crippen LogP contribution in [-0.2, 0) is 0 Å². The SMILES string of the molecule is C[C@H](CN(C)C)C(C)(C)C. The zero-order valence-corrected chi connectivity index (χ0v) is 8.23. The Morgan fingerprint density at radius 1 is 1.20 bits per heavy atom. The lowest BCUT2D eigenvalue weighted by Gasteiger charge is -2.29. The Kier molecular flexibility index (Phi) is 3.37. The molecule has 0 N–H and O–H groups in total. The monoisotopic (exact) mass is 143 g/mol. The standard InChI is InChI=1S/C9H21N/c1-8(7-10(5)6)9(2,3)4/h8H,7H2,1-6H3/t8-/m1/s1. The molecule has 0 aromatic rings. The van der Waals surface area contributed by atoms with Crippen molar-refractivity contribution in [3.8, 4) is 0 Å². The van der Waals surface area contributed by atoms with Gasteiger partial charge in [-0.3, -0.25) is 0 Å². The maximum absolute atomic E-state index is 2.31. The minimum Gasteiger partial charge on any atom is -0.309 e. The van der Waals surface area contributed by atoms with Crippen LogP contribution in [0.2, 0.25) is 0 Å². The zero-order chi connectivity index (χ0) is 8.36. The minimum atomic E-state index is 0.449. The molecule has 0 aromatic carbocycles. The van der Waals surface area contributed by atoms with Crippen molar-refractivity contribution in [3.63, 3.8) is 0 Å². The molecule has 0 aliphatic carbocycles. The summed E-state index contributed by atoms with van der Waals surface area (Å²) in [6.07, 6.45) is 0. The van der Waals surface area contributed by atoms with Gasteiger partial charge >= 0.3 is 0 Å². The predicted molar refractivity (Wildman–Crippen MR) is 47.2 cm³/mol. The molecule has 1 nitrogen and oxygen atoms in total. The van der Waals surface area contributed by atoms with Gasteiger partial charge in [0.2, 0.25) is 0 Å². The molecule has 0 spiro atoms. The molecule has 0 saturated heterocycles. The van der Waals surface area contributed by atoms with Crippen LogP contribution in [0, 0.1) is 11.3 Å². The lowest BCUT2D eigenvalue weighted by atomic mass is 9.82. The Bertz CT molecular complexity index is 89.4. The van der Waals surface area contributed by atoms with E-state index in [0.717, 1.165) is 5.92 Å². The molecular formula is C9H21N. The molecule has 0 aliphatic rings. The first-order chi connectivity index (χ1) is 4.34. The Morgan fingerprint density at radius 3 is 1.70 bits per heavy atom. The average Bonchev–Trinajstić information content (AvgIpc) is 1.60. The first kappa shape index (κ1) is 9.96. The molecule has 10 heavy (non-hydrogen) atoms. The van der Waals surface area contributed by atoms with E-state index in [-0.39, 0.29) is 0 Å². The van der Waals surface area contributed by atoms with Crippen LogP contribution in [0.5, 0.6) is 0 Å². The molecular weight excluding hydrogens is 122 g/mol. The lowest BCUT2D eigenvalue weighted by molar-refractivity contribution is 0.202. The van der Waals surface area contributed by atoms with Crippen LogP contribution in [0.3, 0.4) is 0 Å². The summed E-state index contributed by atoms with van der Waals surface area (Å²) in [5.74, 6) is 0.766. The van der Waals surface area contributed by atoms with Crippen LogP contribution in [0.4, 0.5) is 0 Å². The second-order valence-electron chi connectivity index (χ2n) is 4.53. The summed E-state index contributed by atoms with van der Waals surface area (Å²) in [6, 6.07) is 0. The molecule has 0 amide bonds. The fourth-order valence-electron chi connectivity index (χ4n) is 0.822. The fourth-order valence-corrected chi connectivity index (χ4v) is 0.822. The van der Waals surface area contributed by atoms with E-state index in [2.05, 4.69) is 46.7 Å². The Hall–Kier alpha value is -0.0400. The van der Waals surface area contributed by atoms with Crippen molar-refractivity contribution in [2.24, 2.45) is 11.3 Å². The first-order valence-electron chi connectivity index (χ1n) is 3.98. The molecule has 0 aliphatic heterocycles. The smallest absolute Gasteiger partial charge is 0.000592 e.